The van der Waals surface area contributed by atoms with Crippen molar-refractivity contribution in [2.24, 2.45) is 0 Å². The van der Waals surface area contributed by atoms with E-state index in [4.69, 9.17) is 14.2 Å². The van der Waals surface area contributed by atoms with Gasteiger partial charge in [-0.25, -0.2) is 0 Å². The van der Waals surface area contributed by atoms with Crippen LogP contribution in [0.3, 0.4) is 0 Å². The Morgan fingerprint density at radius 3 is 0.930 bits per heavy atom. The minimum absolute atomic E-state index is 0.105. The summed E-state index contributed by atoms with van der Waals surface area (Å²) in [6.45, 7) is 6.46. The molecule has 0 heterocycles. The molecule has 71 heavy (non-hydrogen) atoms. The van der Waals surface area contributed by atoms with E-state index in [1.807, 2.05) is 0 Å². The molecule has 0 aromatic heterocycles. The van der Waals surface area contributed by atoms with Gasteiger partial charge in [0.2, 0.25) is 0 Å². The maximum absolute atomic E-state index is 12.9. The number of unbranched alkanes of at least 4 members (excludes halogenated alkanes) is 23. The second-order valence-electron chi connectivity index (χ2n) is 19.2. The Bertz CT molecular complexity index is 1460. The van der Waals surface area contributed by atoms with Crippen molar-refractivity contribution in [1.29, 1.82) is 0 Å². The first-order chi connectivity index (χ1) is 35.0. The molecule has 0 fully saturated rings. The number of ether oxygens (including phenoxy) is 3. The first kappa shape index (κ1) is 67.1. The van der Waals surface area contributed by atoms with Gasteiger partial charge in [-0.3, -0.25) is 14.4 Å². The van der Waals surface area contributed by atoms with E-state index in [0.717, 1.165) is 116 Å². The molecule has 404 valence electrons. The molecule has 0 rings (SSSR count). The minimum atomic E-state index is -0.811. The number of allylic oxidation sites excluding steroid dienone is 18. The molecule has 1 unspecified atom stereocenters. The predicted molar refractivity (Wildman–Crippen MR) is 307 cm³/mol. The SMILES string of the molecule is CC/C=C\C/C=C\C/C=C\C/C=C\C/C=C\C/C=C\C/C=C\CCCC(=O)OCC(COC(=O)CCCCCCC/C=C\CCCCCCC)OC(=O)CCCCCCC/C=C\CCCCCCCCC. The first-order valence-electron chi connectivity index (χ1n) is 29.4. The average Bonchev–Trinajstić information content (AvgIpc) is 3.37. The van der Waals surface area contributed by atoms with Gasteiger partial charge in [0.1, 0.15) is 13.2 Å². The Balaban J connectivity index is 4.50. The number of carbonyl (C=O) groups excluding carboxylic acids is 3. The standard InChI is InChI=1S/C65H108O6/c1-4-7-10-13-16-19-22-25-28-30-31-32-33-34-35-36-38-40-43-46-49-52-55-58-64(67)70-61-62(60-69-63(66)57-54-51-48-45-42-39-27-24-21-18-15-12-9-6-3)71-65(68)59-56-53-50-47-44-41-37-29-26-23-20-17-14-11-8-5-2/h7,10,16,19,24-25,27-29,31-32,34-35,37-38,40,46,49,62H,4-6,8-9,11-15,17-18,20-23,26,30,33,36,39,41-45,47-48,50-61H2,1-3H3/b10-7-,19-16-,27-24-,28-25-,32-31-,35-34-,37-29-,40-38-,49-46-. The van der Waals surface area contributed by atoms with Crippen LogP contribution in [0.5, 0.6) is 0 Å². The van der Waals surface area contributed by atoms with Crippen LogP contribution in [-0.2, 0) is 28.6 Å². The lowest BCUT2D eigenvalue weighted by Gasteiger charge is -2.18. The van der Waals surface area contributed by atoms with Crippen LogP contribution < -0.4 is 0 Å². The summed E-state index contributed by atoms with van der Waals surface area (Å²) in [5.74, 6) is -0.981. The van der Waals surface area contributed by atoms with Crippen LogP contribution in [0, 0.1) is 0 Å². The number of carbonyl (C=O) groups is 3. The van der Waals surface area contributed by atoms with Crippen LogP contribution in [0.15, 0.2) is 109 Å². The lowest BCUT2D eigenvalue weighted by molar-refractivity contribution is -0.167. The normalized spacial score (nSPS) is 12.9. The predicted octanol–water partition coefficient (Wildman–Crippen LogP) is 19.9. The van der Waals surface area contributed by atoms with E-state index in [-0.39, 0.29) is 37.5 Å². The second-order valence-corrected chi connectivity index (χ2v) is 19.2. The molecule has 0 aliphatic heterocycles. The highest BCUT2D eigenvalue weighted by atomic mass is 16.6. The van der Waals surface area contributed by atoms with Gasteiger partial charge in [-0.2, -0.15) is 0 Å². The van der Waals surface area contributed by atoms with E-state index in [1.54, 1.807) is 0 Å². The lowest BCUT2D eigenvalue weighted by atomic mass is 10.1. The van der Waals surface area contributed by atoms with Crippen molar-refractivity contribution in [1.82, 2.24) is 0 Å². The van der Waals surface area contributed by atoms with Crippen LogP contribution >= 0.6 is 0 Å². The number of esters is 3. The fraction of sp³-hybridized carbons (Fsp3) is 0.677. The largest absolute Gasteiger partial charge is 0.462 e. The van der Waals surface area contributed by atoms with E-state index >= 15 is 0 Å². The van der Waals surface area contributed by atoms with Crippen molar-refractivity contribution in [2.75, 3.05) is 13.2 Å². The van der Waals surface area contributed by atoms with Crippen molar-refractivity contribution in [3.8, 4) is 0 Å². The van der Waals surface area contributed by atoms with Crippen LogP contribution in [0.25, 0.3) is 0 Å². The Hall–Kier alpha value is -3.93. The summed E-state index contributed by atoms with van der Waals surface area (Å²) in [4.78, 5) is 38.2. The van der Waals surface area contributed by atoms with E-state index in [2.05, 4.69) is 130 Å². The molecule has 0 bridgehead atoms. The molecule has 0 radical (unpaired) electrons. The van der Waals surface area contributed by atoms with Crippen molar-refractivity contribution >= 4 is 17.9 Å². The third-order valence-corrected chi connectivity index (χ3v) is 12.2. The zero-order valence-electron chi connectivity index (χ0n) is 46.2. The van der Waals surface area contributed by atoms with E-state index in [0.29, 0.717) is 19.3 Å². The summed E-state index contributed by atoms with van der Waals surface area (Å²) in [7, 11) is 0. The molecule has 0 aromatic rings. The third-order valence-electron chi connectivity index (χ3n) is 12.2. The topological polar surface area (TPSA) is 78.9 Å². The summed E-state index contributed by atoms with van der Waals surface area (Å²) in [6.07, 6.45) is 79.4. The van der Waals surface area contributed by atoms with Gasteiger partial charge in [-0.05, 0) is 122 Å². The molecule has 0 aromatic carbocycles. The molecule has 0 saturated carbocycles. The summed E-state index contributed by atoms with van der Waals surface area (Å²) < 4.78 is 16.8. The highest BCUT2D eigenvalue weighted by Crippen LogP contribution is 2.14. The van der Waals surface area contributed by atoms with Crippen LogP contribution in [-0.4, -0.2) is 37.2 Å². The highest BCUT2D eigenvalue weighted by molar-refractivity contribution is 5.71. The monoisotopic (exact) mass is 985 g/mol. The molecule has 0 amide bonds. The van der Waals surface area contributed by atoms with Crippen molar-refractivity contribution in [3.05, 3.63) is 109 Å². The second kappa shape index (κ2) is 58.6. The smallest absolute Gasteiger partial charge is 0.306 e. The van der Waals surface area contributed by atoms with E-state index < -0.39 is 6.10 Å². The van der Waals surface area contributed by atoms with E-state index in [1.165, 1.54) is 103 Å². The van der Waals surface area contributed by atoms with Gasteiger partial charge in [-0.15, -0.1) is 0 Å². The molecule has 0 aliphatic carbocycles. The quantitative estimate of drug-likeness (QED) is 0.0261. The van der Waals surface area contributed by atoms with Crippen molar-refractivity contribution in [2.45, 2.75) is 271 Å². The van der Waals surface area contributed by atoms with Gasteiger partial charge < -0.3 is 14.2 Å². The van der Waals surface area contributed by atoms with Crippen LogP contribution in [0.1, 0.15) is 265 Å². The molecule has 1 atom stereocenters. The number of rotatable bonds is 52. The van der Waals surface area contributed by atoms with Gasteiger partial charge in [0.15, 0.2) is 6.10 Å². The highest BCUT2D eigenvalue weighted by Gasteiger charge is 2.19. The van der Waals surface area contributed by atoms with Gasteiger partial charge >= 0.3 is 17.9 Å². The van der Waals surface area contributed by atoms with Crippen LogP contribution in [0.4, 0.5) is 0 Å². The lowest BCUT2D eigenvalue weighted by Crippen LogP contribution is -2.30. The van der Waals surface area contributed by atoms with E-state index in [9.17, 15) is 14.4 Å². The van der Waals surface area contributed by atoms with Crippen molar-refractivity contribution < 1.29 is 28.6 Å². The molecule has 0 N–H and O–H groups in total. The summed E-state index contributed by atoms with van der Waals surface area (Å²) in [5.41, 5.74) is 0. The summed E-state index contributed by atoms with van der Waals surface area (Å²) >= 11 is 0. The number of hydrogen-bond donors (Lipinski definition) is 0. The fourth-order valence-electron chi connectivity index (χ4n) is 7.83. The molecule has 0 aliphatic rings. The maximum atomic E-state index is 12.9. The molecule has 0 saturated heterocycles. The third kappa shape index (κ3) is 56.9. The Labute approximate surface area is 438 Å². The molecule has 6 heteroatoms. The Kier molecular flexibility index (Phi) is 55.4. The zero-order valence-corrected chi connectivity index (χ0v) is 46.2. The summed E-state index contributed by atoms with van der Waals surface area (Å²) in [5, 5.41) is 0. The van der Waals surface area contributed by atoms with Gasteiger partial charge in [0, 0.05) is 19.3 Å². The number of hydrogen-bond acceptors (Lipinski definition) is 6. The summed E-state index contributed by atoms with van der Waals surface area (Å²) in [6, 6.07) is 0. The molecular weight excluding hydrogens is 877 g/mol. The minimum Gasteiger partial charge on any atom is -0.462 e. The fourth-order valence-corrected chi connectivity index (χ4v) is 7.83. The van der Waals surface area contributed by atoms with Gasteiger partial charge in [0.25, 0.3) is 0 Å². The molecule has 6 nitrogen and oxygen atoms in total. The van der Waals surface area contributed by atoms with Gasteiger partial charge in [-0.1, -0.05) is 233 Å². The van der Waals surface area contributed by atoms with Gasteiger partial charge in [0.05, 0.1) is 0 Å². The molecular formula is C65H108O6. The zero-order chi connectivity index (χ0) is 51.4. The molecule has 0 spiro atoms. The average molecular weight is 986 g/mol. The Morgan fingerprint density at radius 2 is 0.563 bits per heavy atom. The van der Waals surface area contributed by atoms with Crippen LogP contribution in [0.2, 0.25) is 0 Å². The first-order valence-corrected chi connectivity index (χ1v) is 29.4. The Morgan fingerprint density at radius 1 is 0.296 bits per heavy atom. The maximum Gasteiger partial charge on any atom is 0.306 e. The van der Waals surface area contributed by atoms with Crippen molar-refractivity contribution in [3.63, 3.8) is 0 Å².